The van der Waals surface area contributed by atoms with Gasteiger partial charge in [-0.05, 0) is 55.0 Å². The molecule has 1 saturated carbocycles. The summed E-state index contributed by atoms with van der Waals surface area (Å²) in [4.78, 5) is -0.234. The van der Waals surface area contributed by atoms with Crippen LogP contribution in [0, 0.1) is 11.7 Å². The molecule has 0 saturated heterocycles. The molecular formula is C21H18F8O2S. The molecule has 1 fully saturated rings. The third-order valence-corrected chi connectivity index (χ3v) is 8.48. The Bertz CT molecular complexity index is 1060. The highest BCUT2D eigenvalue weighted by molar-refractivity contribution is 7.92. The van der Waals surface area contributed by atoms with Crippen molar-refractivity contribution in [3.8, 4) is 0 Å². The topological polar surface area (TPSA) is 34.1 Å². The number of alkyl halides is 7. The van der Waals surface area contributed by atoms with Crippen LogP contribution in [-0.4, -0.2) is 20.8 Å². The summed E-state index contributed by atoms with van der Waals surface area (Å²) in [5, 5.41) is 0. The highest BCUT2D eigenvalue weighted by Crippen LogP contribution is 2.54. The number of halogens is 8. The van der Waals surface area contributed by atoms with E-state index in [1.54, 1.807) is 6.92 Å². The van der Waals surface area contributed by atoms with E-state index in [1.807, 2.05) is 0 Å². The molecule has 1 aliphatic rings. The Morgan fingerprint density at radius 3 is 1.75 bits per heavy atom. The zero-order valence-electron chi connectivity index (χ0n) is 16.6. The molecule has 1 aliphatic carbocycles. The fourth-order valence-electron chi connectivity index (χ4n) is 4.24. The number of benzene rings is 2. The van der Waals surface area contributed by atoms with Crippen LogP contribution in [-0.2, 0) is 20.3 Å². The molecule has 0 N–H and O–H groups in total. The Balaban J connectivity index is 2.14. The van der Waals surface area contributed by atoms with Gasteiger partial charge in [0.05, 0.1) is 4.90 Å². The van der Waals surface area contributed by atoms with Crippen molar-refractivity contribution in [1.82, 2.24) is 0 Å². The van der Waals surface area contributed by atoms with E-state index in [1.165, 1.54) is 0 Å². The Kier molecular flexibility index (Phi) is 5.89. The minimum atomic E-state index is -6.27. The number of rotatable bonds is 4. The van der Waals surface area contributed by atoms with E-state index in [-0.39, 0.29) is 29.2 Å². The summed E-state index contributed by atoms with van der Waals surface area (Å²) in [6, 6.07) is 6.19. The molecule has 2 aromatic rings. The number of sulfone groups is 1. The second-order valence-corrected chi connectivity index (χ2v) is 10.3. The summed E-state index contributed by atoms with van der Waals surface area (Å²) in [5.41, 5.74) is -7.35. The Labute approximate surface area is 179 Å². The van der Waals surface area contributed by atoms with Gasteiger partial charge in [0, 0.05) is 5.56 Å². The predicted octanol–water partition coefficient (Wildman–Crippen LogP) is 6.60. The van der Waals surface area contributed by atoms with Crippen molar-refractivity contribution in [3.63, 3.8) is 0 Å². The maximum Gasteiger partial charge on any atom is 0.435 e. The Hall–Kier alpha value is -2.17. The first kappa shape index (κ1) is 24.5. The van der Waals surface area contributed by atoms with E-state index >= 15 is 0 Å². The smallest absolute Gasteiger partial charge is 0.223 e. The van der Waals surface area contributed by atoms with Gasteiger partial charge in [-0.25, -0.2) is 17.2 Å². The molecule has 0 aliphatic heterocycles. The second-order valence-electron chi connectivity index (χ2n) is 8.03. The van der Waals surface area contributed by atoms with Gasteiger partial charge in [-0.3, -0.25) is 0 Å². The SMILES string of the molecule is C[C@@H]1CC[C@](c2ccc(C(F)(C(F)(F)F)C(F)(F)F)cc2)(S(=O)(=O)c2ccc(F)cc2)C1. The second kappa shape index (κ2) is 7.71. The van der Waals surface area contributed by atoms with Gasteiger partial charge in [0.15, 0.2) is 9.84 Å². The standard InChI is InChI=1S/C21H18F8O2S/c1-13-10-11-18(12-13,32(30,31)17-8-6-16(22)7-9-17)14-2-4-15(5-3-14)19(23,20(24,25)26)21(27,28)29/h2-9,13H,10-12H2,1H3/t13-,18+/m1/s1. The van der Waals surface area contributed by atoms with Crippen LogP contribution in [0.2, 0.25) is 0 Å². The molecule has 3 rings (SSSR count). The molecule has 2 aromatic carbocycles. The van der Waals surface area contributed by atoms with E-state index in [4.69, 9.17) is 0 Å². The molecule has 176 valence electrons. The van der Waals surface area contributed by atoms with E-state index in [9.17, 15) is 43.5 Å². The number of hydrogen-bond donors (Lipinski definition) is 0. The monoisotopic (exact) mass is 486 g/mol. The van der Waals surface area contributed by atoms with Gasteiger partial charge in [0.1, 0.15) is 10.6 Å². The van der Waals surface area contributed by atoms with Crippen molar-refractivity contribution in [1.29, 1.82) is 0 Å². The van der Waals surface area contributed by atoms with E-state index < -0.39 is 44.0 Å². The van der Waals surface area contributed by atoms with Crippen LogP contribution in [0.15, 0.2) is 53.4 Å². The lowest BCUT2D eigenvalue weighted by Gasteiger charge is -2.32. The lowest BCUT2D eigenvalue weighted by Crippen LogP contribution is -2.50. The van der Waals surface area contributed by atoms with Gasteiger partial charge in [-0.1, -0.05) is 31.2 Å². The van der Waals surface area contributed by atoms with E-state index in [0.29, 0.717) is 18.6 Å². The fourth-order valence-corrected chi connectivity index (χ4v) is 6.52. The minimum absolute atomic E-state index is 0.0470. The van der Waals surface area contributed by atoms with Gasteiger partial charge < -0.3 is 0 Å². The van der Waals surface area contributed by atoms with Crippen molar-refractivity contribution >= 4 is 9.84 Å². The highest BCUT2D eigenvalue weighted by atomic mass is 32.2. The highest BCUT2D eigenvalue weighted by Gasteiger charge is 2.73. The van der Waals surface area contributed by atoms with Crippen molar-refractivity contribution in [2.24, 2.45) is 5.92 Å². The van der Waals surface area contributed by atoms with Crippen LogP contribution in [0.1, 0.15) is 37.3 Å². The summed E-state index contributed by atoms with van der Waals surface area (Å²) in [6.07, 6.45) is -12.0. The summed E-state index contributed by atoms with van der Waals surface area (Å²) >= 11 is 0. The minimum Gasteiger partial charge on any atom is -0.223 e. The molecule has 32 heavy (non-hydrogen) atoms. The lowest BCUT2D eigenvalue weighted by molar-refractivity contribution is -0.348. The quantitative estimate of drug-likeness (QED) is 0.360. The fraction of sp³-hybridized carbons (Fsp3) is 0.429. The molecule has 2 atom stereocenters. The lowest BCUT2D eigenvalue weighted by atomic mass is 9.89. The molecule has 11 heteroatoms. The summed E-state index contributed by atoms with van der Waals surface area (Å²) in [5.74, 6) is -0.795. The number of hydrogen-bond acceptors (Lipinski definition) is 2. The Morgan fingerprint density at radius 2 is 1.34 bits per heavy atom. The van der Waals surface area contributed by atoms with Gasteiger partial charge in [-0.15, -0.1) is 0 Å². The zero-order chi connectivity index (χ0) is 24.2. The Morgan fingerprint density at radius 1 is 0.844 bits per heavy atom. The average Bonchev–Trinajstić information content (AvgIpc) is 3.09. The maximum atomic E-state index is 14.3. The molecule has 0 heterocycles. The largest absolute Gasteiger partial charge is 0.435 e. The van der Waals surface area contributed by atoms with Gasteiger partial charge in [0.25, 0.3) is 0 Å². The van der Waals surface area contributed by atoms with Gasteiger partial charge in [0.2, 0.25) is 0 Å². The first-order valence-corrected chi connectivity index (χ1v) is 11.0. The summed E-state index contributed by atoms with van der Waals surface area (Å²) < 4.78 is 131. The molecule has 0 aromatic heterocycles. The predicted molar refractivity (Wildman–Crippen MR) is 99.6 cm³/mol. The zero-order valence-corrected chi connectivity index (χ0v) is 17.4. The van der Waals surface area contributed by atoms with Gasteiger partial charge in [-0.2, -0.15) is 26.3 Å². The molecule has 0 unspecified atom stereocenters. The molecule has 0 amide bonds. The molecule has 2 nitrogen and oxygen atoms in total. The maximum absolute atomic E-state index is 14.3. The molecule has 0 bridgehead atoms. The van der Waals surface area contributed by atoms with Gasteiger partial charge >= 0.3 is 18.0 Å². The van der Waals surface area contributed by atoms with Crippen LogP contribution in [0.4, 0.5) is 35.1 Å². The van der Waals surface area contributed by atoms with Crippen LogP contribution < -0.4 is 0 Å². The average molecular weight is 486 g/mol. The van der Waals surface area contributed by atoms with Crippen LogP contribution in [0.5, 0.6) is 0 Å². The van der Waals surface area contributed by atoms with Crippen molar-refractivity contribution in [2.75, 3.05) is 0 Å². The molecular weight excluding hydrogens is 468 g/mol. The normalized spacial score (nSPS) is 22.8. The van der Waals surface area contributed by atoms with Crippen LogP contribution >= 0.6 is 0 Å². The third-order valence-electron chi connectivity index (χ3n) is 5.95. The van der Waals surface area contributed by atoms with Crippen molar-refractivity contribution in [3.05, 3.63) is 65.5 Å². The first-order valence-electron chi connectivity index (χ1n) is 9.50. The summed E-state index contributed by atoms with van der Waals surface area (Å²) in [7, 11) is -4.21. The summed E-state index contributed by atoms with van der Waals surface area (Å²) in [6.45, 7) is 1.76. The van der Waals surface area contributed by atoms with E-state index in [0.717, 1.165) is 36.4 Å². The van der Waals surface area contributed by atoms with Crippen LogP contribution in [0.3, 0.4) is 0 Å². The van der Waals surface area contributed by atoms with Crippen molar-refractivity contribution < 1.29 is 43.5 Å². The molecule has 0 radical (unpaired) electrons. The van der Waals surface area contributed by atoms with E-state index in [2.05, 4.69) is 0 Å². The van der Waals surface area contributed by atoms with Crippen LogP contribution in [0.25, 0.3) is 0 Å². The third kappa shape index (κ3) is 3.68. The first-order chi connectivity index (χ1) is 14.6. The molecule has 0 spiro atoms. The van der Waals surface area contributed by atoms with Crippen molar-refractivity contribution in [2.45, 2.75) is 53.9 Å².